The zero-order valence-corrected chi connectivity index (χ0v) is 13.7. The van der Waals surface area contributed by atoms with Crippen LogP contribution in [0.1, 0.15) is 11.1 Å². The van der Waals surface area contributed by atoms with Crippen LogP contribution in [0.25, 0.3) is 0 Å². The quantitative estimate of drug-likeness (QED) is 0.847. The maximum Gasteiger partial charge on any atom is 0.138 e. The molecule has 0 aliphatic rings. The molecule has 1 N–H and O–H groups in total. The van der Waals surface area contributed by atoms with Crippen LogP contribution in [-0.2, 0) is 13.2 Å². The third-order valence-corrected chi connectivity index (χ3v) is 3.62. The second-order valence-corrected chi connectivity index (χ2v) is 5.83. The number of halogens is 2. The average Bonchev–Trinajstić information content (AvgIpc) is 2.38. The van der Waals surface area contributed by atoms with Crippen LogP contribution in [-0.4, -0.2) is 12.0 Å². The molecule has 3 nitrogen and oxygen atoms in total. The van der Waals surface area contributed by atoms with Crippen molar-refractivity contribution in [3.63, 3.8) is 0 Å². The van der Waals surface area contributed by atoms with Gasteiger partial charge in [0.15, 0.2) is 0 Å². The molecule has 0 spiro atoms. The first-order chi connectivity index (χ1) is 9.20. The van der Waals surface area contributed by atoms with Crippen LogP contribution in [0.4, 0.5) is 0 Å². The summed E-state index contributed by atoms with van der Waals surface area (Å²) < 4.78 is 7.83. The number of nitrogens with one attached hydrogen (secondary N) is 1. The van der Waals surface area contributed by atoms with Crippen molar-refractivity contribution in [2.75, 3.05) is 7.05 Å². The van der Waals surface area contributed by atoms with E-state index >= 15 is 0 Å². The monoisotopic (exact) mass is 384 g/mol. The van der Waals surface area contributed by atoms with Gasteiger partial charge in [0.1, 0.15) is 12.4 Å². The van der Waals surface area contributed by atoms with Gasteiger partial charge >= 0.3 is 0 Å². The van der Waals surface area contributed by atoms with Crippen molar-refractivity contribution in [3.05, 3.63) is 56.7 Å². The lowest BCUT2D eigenvalue weighted by molar-refractivity contribution is 0.300. The molecule has 5 heteroatoms. The first kappa shape index (κ1) is 14.5. The number of hydrogen-bond acceptors (Lipinski definition) is 3. The van der Waals surface area contributed by atoms with Crippen molar-refractivity contribution < 1.29 is 4.74 Å². The number of pyridine rings is 1. The minimum atomic E-state index is 0.492. The summed E-state index contributed by atoms with van der Waals surface area (Å²) in [6.45, 7) is 1.26. The maximum atomic E-state index is 5.91. The molecule has 1 aromatic heterocycles. The smallest absolute Gasteiger partial charge is 0.138 e. The summed E-state index contributed by atoms with van der Waals surface area (Å²) in [5.74, 6) is 0.872. The Balaban J connectivity index is 2.14. The fourth-order valence-corrected chi connectivity index (χ4v) is 2.67. The summed E-state index contributed by atoms with van der Waals surface area (Å²) in [5, 5.41) is 3.14. The van der Waals surface area contributed by atoms with Crippen LogP contribution in [0.5, 0.6) is 5.75 Å². The summed E-state index contributed by atoms with van der Waals surface area (Å²) >= 11 is 6.93. The van der Waals surface area contributed by atoms with Crippen molar-refractivity contribution in [1.29, 1.82) is 0 Å². The Hall–Kier alpha value is -0.910. The molecule has 0 saturated heterocycles. The Morgan fingerprint density at radius 2 is 2.11 bits per heavy atom. The van der Waals surface area contributed by atoms with Gasteiger partial charge in [0.2, 0.25) is 0 Å². The van der Waals surface area contributed by atoms with Gasteiger partial charge in [-0.1, -0.05) is 12.1 Å². The predicted molar refractivity (Wildman–Crippen MR) is 83.2 cm³/mol. The molecule has 1 heterocycles. The summed E-state index contributed by atoms with van der Waals surface area (Å²) in [4.78, 5) is 4.13. The third kappa shape index (κ3) is 4.03. The second kappa shape index (κ2) is 7.03. The van der Waals surface area contributed by atoms with E-state index in [-0.39, 0.29) is 0 Å². The van der Waals surface area contributed by atoms with Crippen LogP contribution in [0, 0.1) is 0 Å². The number of benzene rings is 1. The van der Waals surface area contributed by atoms with Crippen LogP contribution in [0.15, 0.2) is 45.6 Å². The van der Waals surface area contributed by atoms with Crippen LogP contribution in [0.3, 0.4) is 0 Å². The van der Waals surface area contributed by atoms with E-state index in [1.165, 1.54) is 0 Å². The van der Waals surface area contributed by atoms with E-state index in [1.54, 1.807) is 12.4 Å². The SMILES string of the molecule is CNCc1cccc(Br)c1OCc1cncc(Br)c1. The molecule has 0 atom stereocenters. The highest BCUT2D eigenvalue weighted by Crippen LogP contribution is 2.29. The minimum absolute atomic E-state index is 0.492. The largest absolute Gasteiger partial charge is 0.487 e. The molecule has 0 aliphatic carbocycles. The molecule has 0 aliphatic heterocycles. The Bertz CT molecular complexity index is 561. The summed E-state index contributed by atoms with van der Waals surface area (Å²) in [5.41, 5.74) is 2.15. The first-order valence-electron chi connectivity index (χ1n) is 5.85. The van der Waals surface area contributed by atoms with E-state index in [1.807, 2.05) is 25.2 Å². The number of ether oxygens (including phenoxy) is 1. The molecule has 0 amide bonds. The standard InChI is InChI=1S/C14H14Br2N2O/c1-17-7-11-3-2-4-13(16)14(11)19-9-10-5-12(15)8-18-6-10/h2-6,8,17H,7,9H2,1H3. The molecule has 1 aromatic carbocycles. The van der Waals surface area contributed by atoms with Crippen molar-refractivity contribution in [3.8, 4) is 5.75 Å². The molecule has 19 heavy (non-hydrogen) atoms. The van der Waals surface area contributed by atoms with Gasteiger partial charge in [-0.3, -0.25) is 4.98 Å². The number of para-hydroxylation sites is 1. The van der Waals surface area contributed by atoms with E-state index in [2.05, 4.69) is 48.2 Å². The highest BCUT2D eigenvalue weighted by Gasteiger charge is 2.08. The Morgan fingerprint density at radius 3 is 2.84 bits per heavy atom. The molecule has 0 fully saturated rings. The lowest BCUT2D eigenvalue weighted by atomic mass is 10.2. The summed E-state index contributed by atoms with van der Waals surface area (Å²) in [7, 11) is 1.92. The Kier molecular flexibility index (Phi) is 5.36. The molecule has 0 radical (unpaired) electrons. The maximum absolute atomic E-state index is 5.91. The van der Waals surface area contributed by atoms with Gasteiger partial charge in [-0.25, -0.2) is 0 Å². The first-order valence-corrected chi connectivity index (χ1v) is 7.43. The molecule has 100 valence electrons. The molecule has 0 saturated carbocycles. The van der Waals surface area contributed by atoms with Crippen molar-refractivity contribution >= 4 is 31.9 Å². The van der Waals surface area contributed by atoms with Crippen LogP contribution >= 0.6 is 31.9 Å². The van der Waals surface area contributed by atoms with Gasteiger partial charge in [-0.2, -0.15) is 0 Å². The van der Waals surface area contributed by atoms with Gasteiger partial charge in [0.05, 0.1) is 4.47 Å². The fraction of sp³-hybridized carbons (Fsp3) is 0.214. The molecular formula is C14H14Br2N2O. The molecule has 0 unspecified atom stereocenters. The van der Waals surface area contributed by atoms with E-state index in [4.69, 9.17) is 4.74 Å². The van der Waals surface area contributed by atoms with Gasteiger partial charge in [-0.15, -0.1) is 0 Å². The number of aromatic nitrogens is 1. The number of hydrogen-bond donors (Lipinski definition) is 1. The van der Waals surface area contributed by atoms with Crippen molar-refractivity contribution in [2.24, 2.45) is 0 Å². The third-order valence-electron chi connectivity index (χ3n) is 2.56. The van der Waals surface area contributed by atoms with E-state index < -0.39 is 0 Å². The van der Waals surface area contributed by atoms with Gasteiger partial charge in [-0.05, 0) is 51.0 Å². The van der Waals surface area contributed by atoms with E-state index in [0.717, 1.165) is 32.4 Å². The zero-order valence-electron chi connectivity index (χ0n) is 10.5. The number of nitrogens with zero attached hydrogens (tertiary/aromatic N) is 1. The molecule has 0 bridgehead atoms. The predicted octanol–water partition coefficient (Wildman–Crippen LogP) is 3.91. The van der Waals surface area contributed by atoms with Gasteiger partial charge in [0.25, 0.3) is 0 Å². The summed E-state index contributed by atoms with van der Waals surface area (Å²) in [6.07, 6.45) is 3.56. The van der Waals surface area contributed by atoms with E-state index in [0.29, 0.717) is 6.61 Å². The fourth-order valence-electron chi connectivity index (χ4n) is 1.74. The molecule has 2 aromatic rings. The topological polar surface area (TPSA) is 34.1 Å². The average molecular weight is 386 g/mol. The zero-order chi connectivity index (χ0) is 13.7. The van der Waals surface area contributed by atoms with Crippen molar-refractivity contribution in [2.45, 2.75) is 13.2 Å². The number of rotatable bonds is 5. The molecular weight excluding hydrogens is 372 g/mol. The highest BCUT2D eigenvalue weighted by molar-refractivity contribution is 9.10. The minimum Gasteiger partial charge on any atom is -0.487 e. The Labute approximate surface area is 129 Å². The van der Waals surface area contributed by atoms with Crippen molar-refractivity contribution in [1.82, 2.24) is 10.3 Å². The van der Waals surface area contributed by atoms with Gasteiger partial charge in [0, 0.05) is 34.5 Å². The Morgan fingerprint density at radius 1 is 1.26 bits per heavy atom. The van der Waals surface area contributed by atoms with Crippen LogP contribution < -0.4 is 10.1 Å². The highest BCUT2D eigenvalue weighted by atomic mass is 79.9. The normalized spacial score (nSPS) is 10.5. The summed E-state index contributed by atoms with van der Waals surface area (Å²) in [6, 6.07) is 8.04. The lowest BCUT2D eigenvalue weighted by Gasteiger charge is -2.13. The van der Waals surface area contributed by atoms with Crippen LogP contribution in [0.2, 0.25) is 0 Å². The lowest BCUT2D eigenvalue weighted by Crippen LogP contribution is -2.08. The molecule has 2 rings (SSSR count). The second-order valence-electron chi connectivity index (χ2n) is 4.06. The van der Waals surface area contributed by atoms with E-state index in [9.17, 15) is 0 Å². The van der Waals surface area contributed by atoms with Gasteiger partial charge < -0.3 is 10.1 Å².